The lowest BCUT2D eigenvalue weighted by molar-refractivity contribution is 0.0955. The summed E-state index contributed by atoms with van der Waals surface area (Å²) in [7, 11) is 0. The van der Waals surface area contributed by atoms with Crippen molar-refractivity contribution in [3.05, 3.63) is 66.0 Å². The number of hydrazone groups is 1. The average molecular weight is 347 g/mol. The number of amides is 1. The zero-order valence-electron chi connectivity index (χ0n) is 13.5. The molecule has 0 atom stereocenters. The molecule has 2 aromatic carbocycles. The zero-order valence-corrected chi connectivity index (χ0v) is 13.5. The fourth-order valence-corrected chi connectivity index (χ4v) is 2.04. The summed E-state index contributed by atoms with van der Waals surface area (Å²) in [5.74, 6) is 0.258. The van der Waals surface area contributed by atoms with Crippen molar-refractivity contribution in [1.82, 2.24) is 25.6 Å². The minimum absolute atomic E-state index is 0.00426. The largest absolute Gasteiger partial charge is 0.479 e. The second-order valence-electron chi connectivity index (χ2n) is 5.02. The van der Waals surface area contributed by atoms with Crippen molar-refractivity contribution >= 4 is 12.1 Å². The number of nitriles is 1. The number of aromatic nitrogens is 4. The minimum atomic E-state index is -0.335. The van der Waals surface area contributed by atoms with Crippen LogP contribution in [0.25, 0.3) is 5.69 Å². The van der Waals surface area contributed by atoms with E-state index in [2.05, 4.69) is 26.1 Å². The number of ether oxygens (including phenoxy) is 1. The van der Waals surface area contributed by atoms with E-state index in [-0.39, 0.29) is 12.5 Å². The first-order valence-corrected chi connectivity index (χ1v) is 7.53. The van der Waals surface area contributed by atoms with Crippen LogP contribution in [0.5, 0.6) is 5.75 Å². The van der Waals surface area contributed by atoms with Crippen molar-refractivity contribution in [2.24, 2.45) is 5.10 Å². The molecule has 0 unspecified atom stereocenters. The Labute approximate surface area is 148 Å². The van der Waals surface area contributed by atoms with Gasteiger partial charge in [-0.15, -0.1) is 5.10 Å². The van der Waals surface area contributed by atoms with Crippen molar-refractivity contribution in [2.75, 3.05) is 6.61 Å². The maximum Gasteiger partial charge on any atom is 0.271 e. The number of nitrogens with one attached hydrogen (secondary N) is 1. The highest BCUT2D eigenvalue weighted by Crippen LogP contribution is 2.11. The molecule has 3 rings (SSSR count). The Kier molecular flexibility index (Phi) is 5.27. The topological polar surface area (TPSA) is 118 Å². The second-order valence-corrected chi connectivity index (χ2v) is 5.02. The molecule has 0 aliphatic carbocycles. The van der Waals surface area contributed by atoms with Gasteiger partial charge in [-0.05, 0) is 64.5 Å². The fourth-order valence-electron chi connectivity index (χ4n) is 2.04. The Morgan fingerprint density at radius 1 is 1.23 bits per heavy atom. The Hall–Kier alpha value is -4.06. The first kappa shape index (κ1) is 16.8. The van der Waals surface area contributed by atoms with Gasteiger partial charge in [-0.2, -0.15) is 10.4 Å². The van der Waals surface area contributed by atoms with Gasteiger partial charge in [-0.1, -0.05) is 0 Å². The van der Waals surface area contributed by atoms with Gasteiger partial charge in [0.25, 0.3) is 5.91 Å². The number of hydrogen-bond acceptors (Lipinski definition) is 7. The SMILES string of the molecule is N#CCOc1ccc(/C=N\NC(=O)c2ccc(-n3cnnn3)cc2)cc1. The molecule has 9 nitrogen and oxygen atoms in total. The van der Waals surface area contributed by atoms with Gasteiger partial charge in [0.15, 0.2) is 6.61 Å². The lowest BCUT2D eigenvalue weighted by Crippen LogP contribution is -2.17. The summed E-state index contributed by atoms with van der Waals surface area (Å²) in [6.45, 7) is -0.00426. The predicted molar refractivity (Wildman–Crippen MR) is 91.8 cm³/mol. The van der Waals surface area contributed by atoms with Gasteiger partial charge in [0, 0.05) is 5.56 Å². The van der Waals surface area contributed by atoms with Gasteiger partial charge in [0.05, 0.1) is 11.9 Å². The molecule has 0 aliphatic rings. The number of carbonyl (C=O) groups excluding carboxylic acids is 1. The van der Waals surface area contributed by atoms with Crippen LogP contribution in [0.1, 0.15) is 15.9 Å². The van der Waals surface area contributed by atoms with Gasteiger partial charge in [-0.25, -0.2) is 10.1 Å². The molecular formula is C17H13N7O2. The Morgan fingerprint density at radius 2 is 2.00 bits per heavy atom. The number of nitrogens with zero attached hydrogens (tertiary/aromatic N) is 6. The van der Waals surface area contributed by atoms with Crippen molar-refractivity contribution in [3.8, 4) is 17.5 Å². The van der Waals surface area contributed by atoms with Crippen molar-refractivity contribution in [2.45, 2.75) is 0 Å². The Bertz CT molecular complexity index is 927. The summed E-state index contributed by atoms with van der Waals surface area (Å²) in [6.07, 6.45) is 2.98. The molecule has 0 spiro atoms. The normalized spacial score (nSPS) is 10.4. The summed E-state index contributed by atoms with van der Waals surface area (Å²) in [4.78, 5) is 12.1. The van der Waals surface area contributed by atoms with Crippen LogP contribution >= 0.6 is 0 Å². The van der Waals surface area contributed by atoms with Crippen LogP contribution in [-0.2, 0) is 0 Å². The van der Waals surface area contributed by atoms with Crippen molar-refractivity contribution in [1.29, 1.82) is 5.26 Å². The predicted octanol–water partition coefficient (Wildman–Crippen LogP) is 1.33. The number of tetrazole rings is 1. The van der Waals surface area contributed by atoms with Crippen LogP contribution in [0, 0.1) is 11.3 Å². The Balaban J connectivity index is 1.56. The quantitative estimate of drug-likeness (QED) is 0.531. The highest BCUT2D eigenvalue weighted by Gasteiger charge is 2.05. The maximum absolute atomic E-state index is 12.1. The number of hydrogen-bond donors (Lipinski definition) is 1. The minimum Gasteiger partial charge on any atom is -0.479 e. The van der Waals surface area contributed by atoms with E-state index in [1.54, 1.807) is 48.5 Å². The number of carbonyl (C=O) groups is 1. The molecule has 1 heterocycles. The van der Waals surface area contributed by atoms with Gasteiger partial charge in [0.2, 0.25) is 0 Å². The third-order valence-electron chi connectivity index (χ3n) is 3.31. The molecule has 1 amide bonds. The summed E-state index contributed by atoms with van der Waals surface area (Å²) in [5, 5.41) is 23.3. The van der Waals surface area contributed by atoms with E-state index in [1.807, 2.05) is 6.07 Å². The van der Waals surface area contributed by atoms with E-state index in [4.69, 9.17) is 10.00 Å². The first-order valence-electron chi connectivity index (χ1n) is 7.53. The lowest BCUT2D eigenvalue weighted by atomic mass is 10.2. The van der Waals surface area contributed by atoms with Crippen LogP contribution in [0.2, 0.25) is 0 Å². The average Bonchev–Trinajstić information content (AvgIpc) is 3.22. The van der Waals surface area contributed by atoms with E-state index in [0.717, 1.165) is 11.3 Å². The zero-order chi connectivity index (χ0) is 18.2. The van der Waals surface area contributed by atoms with Crippen molar-refractivity contribution < 1.29 is 9.53 Å². The molecule has 26 heavy (non-hydrogen) atoms. The molecule has 0 saturated heterocycles. The van der Waals surface area contributed by atoms with Crippen LogP contribution in [0.15, 0.2) is 60.0 Å². The molecule has 0 aliphatic heterocycles. The van der Waals surface area contributed by atoms with E-state index in [1.165, 1.54) is 17.2 Å². The molecular weight excluding hydrogens is 334 g/mol. The molecule has 128 valence electrons. The summed E-state index contributed by atoms with van der Waals surface area (Å²) >= 11 is 0. The molecule has 9 heteroatoms. The molecule has 0 bridgehead atoms. The molecule has 0 fully saturated rings. The third kappa shape index (κ3) is 4.27. The number of rotatable bonds is 6. The highest BCUT2D eigenvalue weighted by atomic mass is 16.5. The van der Waals surface area contributed by atoms with Gasteiger partial charge in [0.1, 0.15) is 18.1 Å². The second kappa shape index (κ2) is 8.16. The molecule has 3 aromatic rings. The van der Waals surface area contributed by atoms with E-state index < -0.39 is 0 Å². The summed E-state index contributed by atoms with van der Waals surface area (Å²) in [5.41, 5.74) is 4.44. The molecule has 1 N–H and O–H groups in total. The Morgan fingerprint density at radius 3 is 2.65 bits per heavy atom. The van der Waals surface area contributed by atoms with E-state index in [0.29, 0.717) is 11.3 Å². The van der Waals surface area contributed by atoms with E-state index >= 15 is 0 Å². The smallest absolute Gasteiger partial charge is 0.271 e. The fraction of sp³-hybridized carbons (Fsp3) is 0.0588. The monoisotopic (exact) mass is 347 g/mol. The molecule has 1 aromatic heterocycles. The molecule has 0 radical (unpaired) electrons. The first-order chi connectivity index (χ1) is 12.8. The van der Waals surface area contributed by atoms with Crippen LogP contribution < -0.4 is 10.2 Å². The van der Waals surface area contributed by atoms with Gasteiger partial charge in [-0.3, -0.25) is 4.79 Å². The van der Waals surface area contributed by atoms with Crippen LogP contribution in [0.3, 0.4) is 0 Å². The van der Waals surface area contributed by atoms with Gasteiger partial charge >= 0.3 is 0 Å². The van der Waals surface area contributed by atoms with Crippen LogP contribution in [0.4, 0.5) is 0 Å². The summed E-state index contributed by atoms with van der Waals surface area (Å²) < 4.78 is 6.65. The van der Waals surface area contributed by atoms with Gasteiger partial charge < -0.3 is 4.74 Å². The maximum atomic E-state index is 12.1. The highest BCUT2D eigenvalue weighted by molar-refractivity contribution is 5.95. The van der Waals surface area contributed by atoms with Crippen LogP contribution in [-0.4, -0.2) is 38.9 Å². The number of benzene rings is 2. The molecule has 0 saturated carbocycles. The van der Waals surface area contributed by atoms with Crippen molar-refractivity contribution in [3.63, 3.8) is 0 Å². The summed E-state index contributed by atoms with van der Waals surface area (Å²) in [6, 6.07) is 15.6. The van der Waals surface area contributed by atoms with E-state index in [9.17, 15) is 4.79 Å². The lowest BCUT2D eigenvalue weighted by Gasteiger charge is -2.03. The standard InChI is InChI=1S/C17H13N7O2/c18-9-10-26-16-7-1-13(2-8-16)11-19-21-17(25)14-3-5-15(6-4-14)24-12-20-22-23-24/h1-8,11-12H,10H2,(H,21,25)/b19-11-. The third-order valence-corrected chi connectivity index (χ3v) is 3.31.